The molecule has 1 rings (SSSR count). The zero-order valence-electron chi connectivity index (χ0n) is 11.5. The van der Waals surface area contributed by atoms with Gasteiger partial charge in [-0.15, -0.1) is 11.8 Å². The molecule has 0 radical (unpaired) electrons. The molecule has 19 heavy (non-hydrogen) atoms. The molecule has 1 aromatic heterocycles. The Bertz CT molecular complexity index is 477. The lowest BCUT2D eigenvalue weighted by molar-refractivity contribution is -0.151. The summed E-state index contributed by atoms with van der Waals surface area (Å²) in [4.78, 5) is 22.5. The quantitative estimate of drug-likeness (QED) is 0.830. The molecule has 0 amide bonds. The minimum Gasteiger partial charge on any atom is -0.478 e. The lowest BCUT2D eigenvalue weighted by atomic mass is 10.2. The predicted octanol–water partition coefficient (Wildman–Crippen LogP) is 1.69. The summed E-state index contributed by atoms with van der Waals surface area (Å²) in [7, 11) is 1.68. The van der Waals surface area contributed by atoms with Crippen molar-refractivity contribution in [2.24, 2.45) is 7.05 Å². The Labute approximate surface area is 116 Å². The van der Waals surface area contributed by atoms with Crippen LogP contribution in [0.5, 0.6) is 0 Å². The van der Waals surface area contributed by atoms with E-state index in [0.717, 1.165) is 0 Å². The Morgan fingerprint density at radius 2 is 2.11 bits per heavy atom. The van der Waals surface area contributed by atoms with Crippen LogP contribution in [0, 0.1) is 0 Å². The highest BCUT2D eigenvalue weighted by molar-refractivity contribution is 7.99. The Morgan fingerprint density at radius 1 is 1.47 bits per heavy atom. The van der Waals surface area contributed by atoms with Crippen molar-refractivity contribution in [3.05, 3.63) is 17.5 Å². The van der Waals surface area contributed by atoms with E-state index < -0.39 is 11.6 Å². The second-order valence-corrected chi connectivity index (χ2v) is 6.00. The van der Waals surface area contributed by atoms with Crippen LogP contribution >= 0.6 is 11.8 Å². The SMILES string of the molecule is Cn1ncc(C(=O)O)c1CSCC(=O)OC(C)(C)C. The van der Waals surface area contributed by atoms with Crippen LogP contribution < -0.4 is 0 Å². The van der Waals surface area contributed by atoms with Gasteiger partial charge in [0.1, 0.15) is 11.2 Å². The van der Waals surface area contributed by atoms with Gasteiger partial charge in [-0.05, 0) is 20.8 Å². The first-order chi connectivity index (χ1) is 8.70. The van der Waals surface area contributed by atoms with Crippen LogP contribution in [0.15, 0.2) is 6.20 Å². The van der Waals surface area contributed by atoms with Crippen LogP contribution in [-0.2, 0) is 22.3 Å². The summed E-state index contributed by atoms with van der Waals surface area (Å²) in [6, 6.07) is 0. The van der Waals surface area contributed by atoms with Crippen LogP contribution in [-0.4, -0.2) is 38.2 Å². The van der Waals surface area contributed by atoms with Crippen molar-refractivity contribution in [2.75, 3.05) is 5.75 Å². The summed E-state index contributed by atoms with van der Waals surface area (Å²) < 4.78 is 6.67. The maximum absolute atomic E-state index is 11.5. The van der Waals surface area contributed by atoms with Gasteiger partial charge in [-0.25, -0.2) is 4.79 Å². The molecule has 7 heteroatoms. The van der Waals surface area contributed by atoms with Gasteiger partial charge in [-0.1, -0.05) is 0 Å². The average Bonchev–Trinajstić information content (AvgIpc) is 2.58. The number of hydrogen-bond acceptors (Lipinski definition) is 5. The summed E-state index contributed by atoms with van der Waals surface area (Å²) in [5.74, 6) is -0.740. The minimum atomic E-state index is -1.01. The third kappa shape index (κ3) is 4.94. The number of ether oxygens (including phenoxy) is 1. The lowest BCUT2D eigenvalue weighted by Gasteiger charge is -2.19. The van der Waals surface area contributed by atoms with E-state index in [0.29, 0.717) is 11.4 Å². The molecule has 1 N–H and O–H groups in total. The number of thioether (sulfide) groups is 1. The summed E-state index contributed by atoms with van der Waals surface area (Å²) in [5.41, 5.74) is 0.247. The van der Waals surface area contributed by atoms with E-state index in [9.17, 15) is 9.59 Å². The highest BCUT2D eigenvalue weighted by Gasteiger charge is 2.18. The molecule has 0 spiro atoms. The third-order valence-corrected chi connectivity index (χ3v) is 3.09. The van der Waals surface area contributed by atoms with Crippen molar-refractivity contribution in [2.45, 2.75) is 32.1 Å². The first-order valence-corrected chi connectivity index (χ1v) is 6.90. The van der Waals surface area contributed by atoms with Gasteiger partial charge < -0.3 is 9.84 Å². The van der Waals surface area contributed by atoms with E-state index in [1.54, 1.807) is 27.8 Å². The number of nitrogens with zero attached hydrogens (tertiary/aromatic N) is 2. The van der Waals surface area contributed by atoms with Gasteiger partial charge in [-0.2, -0.15) is 5.10 Å². The maximum atomic E-state index is 11.5. The largest absolute Gasteiger partial charge is 0.478 e. The van der Waals surface area contributed by atoms with Crippen molar-refractivity contribution in [3.63, 3.8) is 0 Å². The molecular formula is C12H18N2O4S. The molecule has 0 unspecified atom stereocenters. The second kappa shape index (κ2) is 6.10. The highest BCUT2D eigenvalue weighted by atomic mass is 32.2. The molecule has 0 aromatic carbocycles. The number of aromatic nitrogens is 2. The Kier molecular flexibility index (Phi) is 4.99. The molecule has 0 aliphatic rings. The van der Waals surface area contributed by atoms with Crippen molar-refractivity contribution >= 4 is 23.7 Å². The summed E-state index contributed by atoms with van der Waals surface area (Å²) in [6.07, 6.45) is 1.31. The molecule has 6 nitrogen and oxygen atoms in total. The fourth-order valence-corrected chi connectivity index (χ4v) is 2.28. The van der Waals surface area contributed by atoms with Gasteiger partial charge in [0.05, 0.1) is 17.6 Å². The zero-order chi connectivity index (χ0) is 14.6. The molecule has 1 aromatic rings. The number of carbonyl (C=O) groups is 2. The molecular weight excluding hydrogens is 268 g/mol. The van der Waals surface area contributed by atoms with Gasteiger partial charge >= 0.3 is 11.9 Å². The van der Waals surface area contributed by atoms with Crippen molar-refractivity contribution in [1.82, 2.24) is 9.78 Å². The Hall–Kier alpha value is -1.50. The second-order valence-electron chi connectivity index (χ2n) is 5.01. The molecule has 1 heterocycles. The maximum Gasteiger partial charge on any atom is 0.339 e. The number of carboxylic acid groups (broad SMARTS) is 1. The standard InChI is InChI=1S/C12H18N2O4S/c1-12(2,3)18-10(15)7-19-6-9-8(11(16)17)5-13-14(9)4/h5H,6-7H2,1-4H3,(H,16,17). The van der Waals surface area contributed by atoms with E-state index in [-0.39, 0.29) is 17.3 Å². The predicted molar refractivity (Wildman–Crippen MR) is 72.2 cm³/mol. The number of esters is 1. The lowest BCUT2D eigenvalue weighted by Crippen LogP contribution is -2.25. The van der Waals surface area contributed by atoms with Gasteiger partial charge in [0.2, 0.25) is 0 Å². The molecule has 0 saturated heterocycles. The topological polar surface area (TPSA) is 81.4 Å². The molecule has 0 bridgehead atoms. The van der Waals surface area contributed by atoms with Crippen molar-refractivity contribution in [3.8, 4) is 0 Å². The van der Waals surface area contributed by atoms with Crippen LogP contribution in [0.1, 0.15) is 36.8 Å². The Balaban J connectivity index is 2.52. The highest BCUT2D eigenvalue weighted by Crippen LogP contribution is 2.17. The summed E-state index contributed by atoms with van der Waals surface area (Å²) >= 11 is 1.31. The van der Waals surface area contributed by atoms with Crippen LogP contribution in [0.25, 0.3) is 0 Å². The number of carbonyl (C=O) groups excluding carboxylic acids is 1. The average molecular weight is 286 g/mol. The summed E-state index contributed by atoms with van der Waals surface area (Å²) in [5, 5.41) is 12.9. The van der Waals surface area contributed by atoms with Gasteiger partial charge in [0, 0.05) is 12.8 Å². The van der Waals surface area contributed by atoms with Gasteiger partial charge in [-0.3, -0.25) is 9.48 Å². The number of hydrogen-bond donors (Lipinski definition) is 1. The first kappa shape index (κ1) is 15.6. The smallest absolute Gasteiger partial charge is 0.339 e. The van der Waals surface area contributed by atoms with E-state index in [2.05, 4.69) is 5.10 Å². The molecule has 0 atom stereocenters. The number of aryl methyl sites for hydroxylation is 1. The number of carboxylic acids is 1. The summed E-state index contributed by atoms with van der Waals surface area (Å²) in [6.45, 7) is 5.41. The van der Waals surface area contributed by atoms with E-state index >= 15 is 0 Å². The van der Waals surface area contributed by atoms with Crippen molar-refractivity contribution in [1.29, 1.82) is 0 Å². The van der Waals surface area contributed by atoms with Gasteiger partial charge in [0.25, 0.3) is 0 Å². The van der Waals surface area contributed by atoms with Crippen LogP contribution in [0.2, 0.25) is 0 Å². The van der Waals surface area contributed by atoms with Gasteiger partial charge in [0.15, 0.2) is 0 Å². The molecule has 0 saturated carbocycles. The first-order valence-electron chi connectivity index (χ1n) is 5.74. The van der Waals surface area contributed by atoms with E-state index in [1.807, 2.05) is 0 Å². The molecule has 106 valence electrons. The normalized spacial score (nSPS) is 11.4. The fourth-order valence-electron chi connectivity index (χ4n) is 1.41. The molecule has 0 aliphatic carbocycles. The number of aromatic carboxylic acids is 1. The third-order valence-electron chi connectivity index (χ3n) is 2.17. The monoisotopic (exact) mass is 286 g/mol. The minimum absolute atomic E-state index is 0.166. The van der Waals surface area contributed by atoms with Crippen molar-refractivity contribution < 1.29 is 19.4 Å². The van der Waals surface area contributed by atoms with E-state index in [1.165, 1.54) is 22.6 Å². The fraction of sp³-hybridized carbons (Fsp3) is 0.583. The van der Waals surface area contributed by atoms with E-state index in [4.69, 9.17) is 9.84 Å². The zero-order valence-corrected chi connectivity index (χ0v) is 12.3. The molecule has 0 aliphatic heterocycles. The Morgan fingerprint density at radius 3 is 2.63 bits per heavy atom. The number of rotatable bonds is 5. The molecule has 0 fully saturated rings. The van der Waals surface area contributed by atoms with Crippen LogP contribution in [0.4, 0.5) is 0 Å². The van der Waals surface area contributed by atoms with Crippen LogP contribution in [0.3, 0.4) is 0 Å².